The van der Waals surface area contributed by atoms with Crippen LogP contribution in [0.3, 0.4) is 0 Å². The molecule has 0 spiro atoms. The molecule has 1 aromatic carbocycles. The highest BCUT2D eigenvalue weighted by atomic mass is 15.3. The highest BCUT2D eigenvalue weighted by molar-refractivity contribution is 5.65. The third-order valence-corrected chi connectivity index (χ3v) is 5.09. The summed E-state index contributed by atoms with van der Waals surface area (Å²) in [6, 6.07) is 6.51. The second-order valence-corrected chi connectivity index (χ2v) is 7.79. The summed E-state index contributed by atoms with van der Waals surface area (Å²) in [5.41, 5.74) is 3.72. The number of rotatable bonds is 5. The molecule has 1 aliphatic rings. The molecule has 2 aromatic rings. The maximum Gasteiger partial charge on any atom is 0.249 e. The predicted molar refractivity (Wildman–Crippen MR) is 108 cm³/mol. The van der Waals surface area contributed by atoms with Crippen LogP contribution >= 0.6 is 0 Å². The summed E-state index contributed by atoms with van der Waals surface area (Å²) < 4.78 is 0. The molecule has 0 unspecified atom stereocenters. The van der Waals surface area contributed by atoms with E-state index in [1.807, 2.05) is 0 Å². The lowest BCUT2D eigenvalue weighted by molar-refractivity contribution is 0.726. The topological polar surface area (TPSA) is 53.9 Å². The summed E-state index contributed by atoms with van der Waals surface area (Å²) >= 11 is 0. The van der Waals surface area contributed by atoms with Gasteiger partial charge < -0.3 is 10.2 Å². The minimum Gasteiger partial charge on any atom is -0.355 e. The van der Waals surface area contributed by atoms with E-state index in [2.05, 4.69) is 66.3 Å². The average molecular weight is 354 g/mol. The summed E-state index contributed by atoms with van der Waals surface area (Å²) in [6.07, 6.45) is 6.84. The van der Waals surface area contributed by atoms with Gasteiger partial charge in [-0.15, -0.1) is 5.10 Å². The fourth-order valence-electron chi connectivity index (χ4n) is 3.61. The van der Waals surface area contributed by atoms with Crippen LogP contribution in [0.2, 0.25) is 0 Å². The van der Waals surface area contributed by atoms with Crippen LogP contribution in [0.15, 0.2) is 24.4 Å². The zero-order valence-corrected chi connectivity index (χ0v) is 16.5. The molecule has 1 aliphatic heterocycles. The summed E-state index contributed by atoms with van der Waals surface area (Å²) in [6.45, 7) is 11.0. The summed E-state index contributed by atoms with van der Waals surface area (Å²) in [5.74, 6) is 2.37. The third-order valence-electron chi connectivity index (χ3n) is 5.09. The Morgan fingerprint density at radius 2 is 1.54 bits per heavy atom. The van der Waals surface area contributed by atoms with E-state index in [9.17, 15) is 0 Å². The first-order valence-corrected chi connectivity index (χ1v) is 9.90. The third kappa shape index (κ3) is 4.32. The minimum atomic E-state index is 0.429. The molecule has 1 aromatic heterocycles. The smallest absolute Gasteiger partial charge is 0.249 e. The predicted octanol–water partition coefficient (Wildman–Crippen LogP) is 5.24. The van der Waals surface area contributed by atoms with Crippen molar-refractivity contribution in [2.24, 2.45) is 0 Å². The van der Waals surface area contributed by atoms with Gasteiger partial charge in [0.25, 0.3) is 0 Å². The van der Waals surface area contributed by atoms with Gasteiger partial charge in [-0.3, -0.25) is 0 Å². The van der Waals surface area contributed by atoms with Crippen LogP contribution < -0.4 is 10.2 Å². The molecule has 5 nitrogen and oxygen atoms in total. The van der Waals surface area contributed by atoms with Gasteiger partial charge in [0, 0.05) is 18.8 Å². The Morgan fingerprint density at radius 1 is 0.923 bits per heavy atom. The lowest BCUT2D eigenvalue weighted by atomic mass is 9.93. The van der Waals surface area contributed by atoms with E-state index in [-0.39, 0.29) is 0 Å². The Labute approximate surface area is 157 Å². The highest BCUT2D eigenvalue weighted by Gasteiger charge is 2.17. The van der Waals surface area contributed by atoms with Gasteiger partial charge in [-0.25, -0.2) is 0 Å². The Kier molecular flexibility index (Phi) is 6.07. The van der Waals surface area contributed by atoms with E-state index in [1.54, 1.807) is 6.20 Å². The number of anilines is 3. The van der Waals surface area contributed by atoms with Crippen molar-refractivity contribution in [3.63, 3.8) is 0 Å². The molecule has 0 saturated carbocycles. The van der Waals surface area contributed by atoms with Gasteiger partial charge in [0.1, 0.15) is 0 Å². The fraction of sp³-hybridized carbons (Fsp3) is 0.571. The zero-order chi connectivity index (χ0) is 18.5. The lowest BCUT2D eigenvalue weighted by Crippen LogP contribution is -2.25. The summed E-state index contributed by atoms with van der Waals surface area (Å²) in [4.78, 5) is 7.11. The molecule has 1 saturated heterocycles. The van der Waals surface area contributed by atoms with Gasteiger partial charge >= 0.3 is 0 Å². The van der Waals surface area contributed by atoms with Gasteiger partial charge in [0.15, 0.2) is 5.82 Å². The maximum absolute atomic E-state index is 4.78. The van der Waals surface area contributed by atoms with Crippen LogP contribution in [0.1, 0.15) is 76.3 Å². The second kappa shape index (κ2) is 8.47. The van der Waals surface area contributed by atoms with Gasteiger partial charge in [-0.2, -0.15) is 10.1 Å². The van der Waals surface area contributed by atoms with Crippen molar-refractivity contribution in [1.82, 2.24) is 15.2 Å². The molecule has 2 heterocycles. The normalized spacial score (nSPS) is 15.4. The molecule has 0 bridgehead atoms. The Hall–Kier alpha value is -2.17. The van der Waals surface area contributed by atoms with Crippen LogP contribution in [-0.2, 0) is 0 Å². The van der Waals surface area contributed by atoms with Crippen LogP contribution in [-0.4, -0.2) is 28.3 Å². The number of hydrogen-bond acceptors (Lipinski definition) is 5. The Morgan fingerprint density at radius 3 is 2.12 bits per heavy atom. The minimum absolute atomic E-state index is 0.429. The van der Waals surface area contributed by atoms with Gasteiger partial charge in [-0.05, 0) is 35.8 Å². The number of nitrogens with one attached hydrogen (secondary N) is 1. The summed E-state index contributed by atoms with van der Waals surface area (Å²) in [5, 5.41) is 12.0. The van der Waals surface area contributed by atoms with E-state index in [1.165, 1.54) is 36.8 Å². The molecule has 1 fully saturated rings. The first-order chi connectivity index (χ1) is 12.6. The number of aromatic nitrogens is 3. The highest BCUT2D eigenvalue weighted by Crippen LogP contribution is 2.34. The van der Waals surface area contributed by atoms with E-state index >= 15 is 0 Å². The molecule has 3 rings (SSSR count). The molecule has 26 heavy (non-hydrogen) atoms. The van der Waals surface area contributed by atoms with Crippen molar-refractivity contribution in [3.8, 4) is 0 Å². The molecule has 140 valence electrons. The van der Waals surface area contributed by atoms with Crippen molar-refractivity contribution in [1.29, 1.82) is 0 Å². The van der Waals surface area contributed by atoms with Gasteiger partial charge in [0.05, 0.1) is 6.20 Å². The zero-order valence-electron chi connectivity index (χ0n) is 16.5. The molecular formula is C21H31N5. The van der Waals surface area contributed by atoms with Crippen LogP contribution in [0.5, 0.6) is 0 Å². The Balaban J connectivity index is 1.90. The fourth-order valence-corrected chi connectivity index (χ4v) is 3.61. The van der Waals surface area contributed by atoms with Gasteiger partial charge in [-0.1, -0.05) is 58.7 Å². The first-order valence-electron chi connectivity index (χ1n) is 9.90. The lowest BCUT2D eigenvalue weighted by Gasteiger charge is -2.22. The van der Waals surface area contributed by atoms with Crippen molar-refractivity contribution >= 4 is 17.5 Å². The number of para-hydroxylation sites is 1. The van der Waals surface area contributed by atoms with Gasteiger partial charge in [0.2, 0.25) is 5.95 Å². The van der Waals surface area contributed by atoms with Crippen molar-refractivity contribution < 1.29 is 0 Å². The van der Waals surface area contributed by atoms with Crippen molar-refractivity contribution in [2.45, 2.75) is 65.2 Å². The molecule has 0 radical (unpaired) electrons. The molecule has 5 heteroatoms. The van der Waals surface area contributed by atoms with E-state index < -0.39 is 0 Å². The monoisotopic (exact) mass is 353 g/mol. The SMILES string of the molecule is CC(C)c1cccc(C(C)C)c1Nc1nncc(N2CCCCCC2)n1. The van der Waals surface area contributed by atoms with Crippen molar-refractivity contribution in [2.75, 3.05) is 23.3 Å². The number of benzene rings is 1. The molecular weight excluding hydrogens is 322 g/mol. The standard InChI is InChI=1S/C21H31N5/c1-15(2)17-10-9-11-18(16(3)4)20(17)24-21-23-19(14-22-25-21)26-12-7-5-6-8-13-26/h9-11,14-16H,5-8,12-13H2,1-4H3,(H,23,24,25). The maximum atomic E-state index is 4.78. The molecule has 1 N–H and O–H groups in total. The van der Waals surface area contributed by atoms with Crippen LogP contribution in [0, 0.1) is 0 Å². The number of nitrogens with zero attached hydrogens (tertiary/aromatic N) is 4. The molecule has 0 aliphatic carbocycles. The largest absolute Gasteiger partial charge is 0.355 e. The molecule has 0 amide bonds. The number of hydrogen-bond donors (Lipinski definition) is 1. The van der Waals surface area contributed by atoms with Crippen molar-refractivity contribution in [3.05, 3.63) is 35.5 Å². The van der Waals surface area contributed by atoms with E-state index in [0.29, 0.717) is 17.8 Å². The first kappa shape index (κ1) is 18.6. The van der Waals surface area contributed by atoms with E-state index in [0.717, 1.165) is 24.6 Å². The van der Waals surface area contributed by atoms with E-state index in [4.69, 9.17) is 4.98 Å². The molecule has 0 atom stereocenters. The Bertz CT molecular complexity index is 692. The average Bonchev–Trinajstić information content (AvgIpc) is 2.91. The quantitative estimate of drug-likeness (QED) is 0.796. The van der Waals surface area contributed by atoms with Crippen LogP contribution in [0.25, 0.3) is 0 Å². The second-order valence-electron chi connectivity index (χ2n) is 7.79. The van der Waals surface area contributed by atoms with Crippen LogP contribution in [0.4, 0.5) is 17.5 Å². The summed E-state index contributed by atoms with van der Waals surface area (Å²) in [7, 11) is 0.